The van der Waals surface area contributed by atoms with Crippen LogP contribution in [-0.2, 0) is 17.4 Å². The van der Waals surface area contributed by atoms with Crippen LogP contribution in [0.2, 0.25) is 0 Å². The maximum Gasteiger partial charge on any atom is 0.169 e. The van der Waals surface area contributed by atoms with Crippen molar-refractivity contribution in [3.63, 3.8) is 0 Å². The summed E-state index contributed by atoms with van der Waals surface area (Å²) in [5, 5.41) is 8.19. The third-order valence-corrected chi connectivity index (χ3v) is 3.83. The summed E-state index contributed by atoms with van der Waals surface area (Å²) in [4.78, 5) is 0. The zero-order valence-electron chi connectivity index (χ0n) is 10.3. The second-order valence-electron chi connectivity index (χ2n) is 4.74. The third-order valence-electron chi connectivity index (χ3n) is 3.34. The van der Waals surface area contributed by atoms with Crippen molar-refractivity contribution < 1.29 is 4.74 Å². The summed E-state index contributed by atoms with van der Waals surface area (Å²) in [6, 6.07) is 8.19. The van der Waals surface area contributed by atoms with Gasteiger partial charge in [-0.15, -0.1) is 10.2 Å². The number of aryl methyl sites for hydroxylation is 1. The highest BCUT2D eigenvalue weighted by atomic mass is 79.9. The van der Waals surface area contributed by atoms with Gasteiger partial charge in [0.15, 0.2) is 11.4 Å². The SMILES string of the molecule is CC1C[C@](c2cccc(Br)c2)(c2nncn2C)O1. The summed E-state index contributed by atoms with van der Waals surface area (Å²) in [5.41, 5.74) is 0.667. The molecule has 0 amide bonds. The first-order chi connectivity index (χ1) is 8.62. The van der Waals surface area contributed by atoms with Crippen LogP contribution in [-0.4, -0.2) is 20.9 Å². The Bertz CT molecular complexity index is 575. The maximum absolute atomic E-state index is 6.05. The molecule has 0 N–H and O–H groups in total. The molecule has 1 aliphatic heterocycles. The van der Waals surface area contributed by atoms with Crippen molar-refractivity contribution in [3.8, 4) is 0 Å². The van der Waals surface area contributed by atoms with E-state index >= 15 is 0 Å². The summed E-state index contributed by atoms with van der Waals surface area (Å²) in [6.07, 6.45) is 2.89. The Morgan fingerprint density at radius 3 is 2.83 bits per heavy atom. The van der Waals surface area contributed by atoms with Gasteiger partial charge in [0, 0.05) is 17.9 Å². The molecule has 1 fully saturated rings. The molecule has 0 radical (unpaired) electrons. The van der Waals surface area contributed by atoms with Crippen LogP contribution >= 0.6 is 15.9 Å². The summed E-state index contributed by atoms with van der Waals surface area (Å²) in [7, 11) is 1.95. The molecule has 1 saturated heterocycles. The Labute approximate surface area is 114 Å². The van der Waals surface area contributed by atoms with E-state index < -0.39 is 5.60 Å². The minimum Gasteiger partial charge on any atom is -0.359 e. The number of ether oxygens (including phenoxy) is 1. The molecule has 0 saturated carbocycles. The Morgan fingerprint density at radius 2 is 2.28 bits per heavy atom. The second kappa shape index (κ2) is 4.17. The van der Waals surface area contributed by atoms with Gasteiger partial charge < -0.3 is 9.30 Å². The van der Waals surface area contributed by atoms with E-state index in [9.17, 15) is 0 Å². The molecule has 1 aromatic heterocycles. The van der Waals surface area contributed by atoms with E-state index in [1.165, 1.54) is 0 Å². The van der Waals surface area contributed by atoms with Gasteiger partial charge in [0.25, 0.3) is 0 Å². The first-order valence-electron chi connectivity index (χ1n) is 5.90. The van der Waals surface area contributed by atoms with Gasteiger partial charge in [-0.05, 0) is 24.6 Å². The van der Waals surface area contributed by atoms with Crippen LogP contribution < -0.4 is 0 Å². The van der Waals surface area contributed by atoms with Gasteiger partial charge >= 0.3 is 0 Å². The third kappa shape index (κ3) is 1.69. The van der Waals surface area contributed by atoms with Gasteiger partial charge in [-0.1, -0.05) is 28.1 Å². The highest BCUT2D eigenvalue weighted by Gasteiger charge is 2.49. The Morgan fingerprint density at radius 1 is 1.50 bits per heavy atom. The quantitative estimate of drug-likeness (QED) is 0.856. The fourth-order valence-corrected chi connectivity index (χ4v) is 2.99. The van der Waals surface area contributed by atoms with E-state index in [0.29, 0.717) is 0 Å². The topological polar surface area (TPSA) is 39.9 Å². The molecule has 4 nitrogen and oxygen atoms in total. The largest absolute Gasteiger partial charge is 0.359 e. The maximum atomic E-state index is 6.05. The number of rotatable bonds is 2. The number of nitrogens with zero attached hydrogens (tertiary/aromatic N) is 3. The van der Waals surface area contributed by atoms with Crippen molar-refractivity contribution in [1.29, 1.82) is 0 Å². The number of halogens is 1. The zero-order valence-corrected chi connectivity index (χ0v) is 11.9. The monoisotopic (exact) mass is 307 g/mol. The molecular weight excluding hydrogens is 294 g/mol. The predicted octanol–water partition coefficient (Wildman–Crippen LogP) is 2.63. The van der Waals surface area contributed by atoms with Gasteiger partial charge in [0.05, 0.1) is 6.10 Å². The molecule has 2 atom stereocenters. The van der Waals surface area contributed by atoms with Crippen molar-refractivity contribution in [2.75, 3.05) is 0 Å². The standard InChI is InChI=1S/C13H14BrN3O/c1-9-7-13(18-9,12-16-15-8-17(12)2)10-4-3-5-11(14)6-10/h3-6,8-9H,7H2,1-2H3/t9?,13-/m0/s1. The number of aromatic nitrogens is 3. The van der Waals surface area contributed by atoms with E-state index in [4.69, 9.17) is 4.74 Å². The molecule has 94 valence electrons. The van der Waals surface area contributed by atoms with E-state index in [1.807, 2.05) is 23.7 Å². The predicted molar refractivity (Wildman–Crippen MR) is 71.1 cm³/mol. The van der Waals surface area contributed by atoms with Crippen molar-refractivity contribution in [2.45, 2.75) is 25.0 Å². The molecule has 0 aliphatic carbocycles. The molecule has 3 rings (SSSR count). The lowest BCUT2D eigenvalue weighted by Crippen LogP contribution is -2.49. The molecule has 0 spiro atoms. The minimum absolute atomic E-state index is 0.251. The van der Waals surface area contributed by atoms with E-state index in [0.717, 1.165) is 22.3 Å². The van der Waals surface area contributed by atoms with Gasteiger partial charge in [-0.2, -0.15) is 0 Å². The van der Waals surface area contributed by atoms with Gasteiger partial charge in [-0.3, -0.25) is 0 Å². The van der Waals surface area contributed by atoms with Crippen molar-refractivity contribution in [3.05, 3.63) is 46.5 Å². The first kappa shape index (κ1) is 11.9. The Kier molecular flexibility index (Phi) is 2.75. The van der Waals surface area contributed by atoms with Crippen LogP contribution in [0.3, 0.4) is 0 Å². The smallest absolute Gasteiger partial charge is 0.169 e. The van der Waals surface area contributed by atoms with Crippen LogP contribution in [0.15, 0.2) is 35.1 Å². The Balaban J connectivity index is 2.11. The highest BCUT2D eigenvalue weighted by molar-refractivity contribution is 9.10. The molecule has 5 heteroatoms. The normalized spacial score (nSPS) is 26.9. The molecule has 2 aromatic rings. The van der Waals surface area contributed by atoms with Crippen molar-refractivity contribution in [2.24, 2.45) is 7.05 Å². The van der Waals surface area contributed by atoms with E-state index in [2.05, 4.69) is 45.2 Å². The number of benzene rings is 1. The fraction of sp³-hybridized carbons (Fsp3) is 0.385. The van der Waals surface area contributed by atoms with Crippen molar-refractivity contribution in [1.82, 2.24) is 14.8 Å². The van der Waals surface area contributed by atoms with Crippen LogP contribution in [0.25, 0.3) is 0 Å². The molecule has 1 aromatic carbocycles. The van der Waals surface area contributed by atoms with Gasteiger partial charge in [0.2, 0.25) is 0 Å². The number of hydrogen-bond donors (Lipinski definition) is 0. The van der Waals surface area contributed by atoms with E-state index in [-0.39, 0.29) is 6.10 Å². The molecule has 18 heavy (non-hydrogen) atoms. The lowest BCUT2D eigenvalue weighted by Gasteiger charge is -2.45. The Hall–Kier alpha value is -1.20. The summed E-state index contributed by atoms with van der Waals surface area (Å²) < 4.78 is 9.02. The van der Waals surface area contributed by atoms with Crippen LogP contribution in [0.4, 0.5) is 0 Å². The average Bonchev–Trinajstić information content (AvgIpc) is 2.71. The molecule has 1 aliphatic rings. The highest BCUT2D eigenvalue weighted by Crippen LogP contribution is 2.46. The summed E-state index contributed by atoms with van der Waals surface area (Å²) in [5.74, 6) is 0.860. The second-order valence-corrected chi connectivity index (χ2v) is 5.65. The minimum atomic E-state index is -0.450. The first-order valence-corrected chi connectivity index (χ1v) is 6.69. The summed E-state index contributed by atoms with van der Waals surface area (Å²) in [6.45, 7) is 2.08. The van der Waals surface area contributed by atoms with Crippen LogP contribution in [0, 0.1) is 0 Å². The number of hydrogen-bond acceptors (Lipinski definition) is 3. The van der Waals surface area contributed by atoms with Gasteiger partial charge in [-0.25, -0.2) is 0 Å². The average molecular weight is 308 g/mol. The lowest BCUT2D eigenvalue weighted by molar-refractivity contribution is -0.184. The van der Waals surface area contributed by atoms with Crippen LogP contribution in [0.5, 0.6) is 0 Å². The fourth-order valence-electron chi connectivity index (χ4n) is 2.59. The molecular formula is C13H14BrN3O. The molecule has 1 unspecified atom stereocenters. The van der Waals surface area contributed by atoms with E-state index in [1.54, 1.807) is 6.33 Å². The van der Waals surface area contributed by atoms with Crippen molar-refractivity contribution >= 4 is 15.9 Å². The van der Waals surface area contributed by atoms with Crippen LogP contribution in [0.1, 0.15) is 24.7 Å². The zero-order chi connectivity index (χ0) is 12.8. The molecule has 0 bridgehead atoms. The molecule has 2 heterocycles. The van der Waals surface area contributed by atoms with Gasteiger partial charge in [0.1, 0.15) is 6.33 Å². The summed E-state index contributed by atoms with van der Waals surface area (Å²) >= 11 is 3.51. The lowest BCUT2D eigenvalue weighted by atomic mass is 9.82.